The number of rotatable bonds is 8. The number of unbranched alkanes of at least 4 members (excludes halogenated alkanes) is 1. The molecule has 3 rings (SSSR count). The monoisotopic (exact) mass is 431 g/mol. The minimum Gasteiger partial charge on any atom is -0.465 e. The highest BCUT2D eigenvalue weighted by molar-refractivity contribution is 5.98. The van der Waals surface area contributed by atoms with Gasteiger partial charge in [-0.05, 0) is 61.6 Å². The van der Waals surface area contributed by atoms with Gasteiger partial charge in [0.1, 0.15) is 6.61 Å². The number of hydrogen-bond donors (Lipinski definition) is 0. The molecule has 1 heterocycles. The second kappa shape index (κ2) is 10.7. The highest BCUT2D eigenvalue weighted by atomic mass is 16.5. The highest BCUT2D eigenvalue weighted by Gasteiger charge is 2.20. The van der Waals surface area contributed by atoms with Crippen molar-refractivity contribution in [1.82, 2.24) is 4.98 Å². The zero-order valence-electron chi connectivity index (χ0n) is 19.1. The van der Waals surface area contributed by atoms with Gasteiger partial charge in [0, 0.05) is 5.69 Å². The van der Waals surface area contributed by atoms with Gasteiger partial charge in [-0.1, -0.05) is 55.3 Å². The van der Waals surface area contributed by atoms with Crippen LogP contribution < -0.4 is 0 Å². The van der Waals surface area contributed by atoms with Crippen LogP contribution in [0.5, 0.6) is 0 Å². The third-order valence-electron chi connectivity index (χ3n) is 5.35. The van der Waals surface area contributed by atoms with E-state index in [0.717, 1.165) is 47.2 Å². The SMILES string of the molecule is CCCCc1cc(-c2ccc(C)cc2)c(C(=O)OCc2ccc(C(=O)OC)cc2)c(C)n1. The van der Waals surface area contributed by atoms with Gasteiger partial charge in [0.15, 0.2) is 0 Å². The Morgan fingerprint density at radius 3 is 2.25 bits per heavy atom. The normalized spacial score (nSPS) is 10.6. The number of aromatic nitrogens is 1. The van der Waals surface area contributed by atoms with E-state index in [0.29, 0.717) is 16.8 Å². The number of benzene rings is 2. The summed E-state index contributed by atoms with van der Waals surface area (Å²) in [6.45, 7) is 6.14. The van der Waals surface area contributed by atoms with Crippen molar-refractivity contribution in [3.63, 3.8) is 0 Å². The lowest BCUT2D eigenvalue weighted by molar-refractivity contribution is 0.0471. The minimum absolute atomic E-state index is 0.102. The fourth-order valence-corrected chi connectivity index (χ4v) is 3.52. The lowest BCUT2D eigenvalue weighted by atomic mass is 9.96. The standard InChI is InChI=1S/C27H29NO4/c1-5-6-7-23-16-24(21-12-8-18(2)9-13-21)25(19(3)28-23)27(30)32-17-20-10-14-22(15-11-20)26(29)31-4/h8-16H,5-7,17H2,1-4H3. The fraction of sp³-hybridized carbons (Fsp3) is 0.296. The van der Waals surface area contributed by atoms with Gasteiger partial charge in [0.2, 0.25) is 0 Å². The van der Waals surface area contributed by atoms with Crippen LogP contribution in [-0.2, 0) is 22.5 Å². The summed E-state index contributed by atoms with van der Waals surface area (Å²) in [6.07, 6.45) is 3.00. The second-order valence-corrected chi connectivity index (χ2v) is 7.86. The van der Waals surface area contributed by atoms with Crippen molar-refractivity contribution in [3.05, 3.63) is 88.2 Å². The van der Waals surface area contributed by atoms with Crippen LogP contribution in [0.15, 0.2) is 54.6 Å². The summed E-state index contributed by atoms with van der Waals surface area (Å²) in [4.78, 5) is 29.4. The molecule has 0 radical (unpaired) electrons. The summed E-state index contributed by atoms with van der Waals surface area (Å²) in [5.41, 5.74) is 6.34. The molecule has 32 heavy (non-hydrogen) atoms. The lowest BCUT2D eigenvalue weighted by Crippen LogP contribution is -2.12. The van der Waals surface area contributed by atoms with Crippen molar-refractivity contribution in [2.75, 3.05) is 7.11 Å². The van der Waals surface area contributed by atoms with E-state index >= 15 is 0 Å². The van der Waals surface area contributed by atoms with Gasteiger partial charge in [-0.25, -0.2) is 9.59 Å². The second-order valence-electron chi connectivity index (χ2n) is 7.86. The Morgan fingerprint density at radius 2 is 1.62 bits per heavy atom. The molecule has 0 atom stereocenters. The Morgan fingerprint density at radius 1 is 0.938 bits per heavy atom. The van der Waals surface area contributed by atoms with Crippen molar-refractivity contribution in [3.8, 4) is 11.1 Å². The van der Waals surface area contributed by atoms with E-state index in [-0.39, 0.29) is 6.61 Å². The summed E-state index contributed by atoms with van der Waals surface area (Å²) >= 11 is 0. The average Bonchev–Trinajstić information content (AvgIpc) is 2.81. The number of pyridine rings is 1. The zero-order chi connectivity index (χ0) is 23.1. The van der Waals surface area contributed by atoms with Crippen molar-refractivity contribution >= 4 is 11.9 Å². The van der Waals surface area contributed by atoms with Crippen LogP contribution in [0.4, 0.5) is 0 Å². The lowest BCUT2D eigenvalue weighted by Gasteiger charge is -2.15. The molecule has 0 fully saturated rings. The van der Waals surface area contributed by atoms with E-state index in [1.807, 2.05) is 44.2 Å². The molecule has 0 N–H and O–H groups in total. The molecule has 0 aliphatic heterocycles. The summed E-state index contributed by atoms with van der Waals surface area (Å²) in [5, 5.41) is 0. The molecule has 0 saturated heterocycles. The smallest absolute Gasteiger partial charge is 0.340 e. The van der Waals surface area contributed by atoms with Gasteiger partial charge >= 0.3 is 11.9 Å². The molecule has 0 amide bonds. The molecule has 166 valence electrons. The van der Waals surface area contributed by atoms with Gasteiger partial charge in [0.25, 0.3) is 0 Å². The average molecular weight is 432 g/mol. The van der Waals surface area contributed by atoms with Crippen LogP contribution in [0.25, 0.3) is 11.1 Å². The molecule has 0 aliphatic carbocycles. The minimum atomic E-state index is -0.412. The molecule has 1 aromatic heterocycles. The fourth-order valence-electron chi connectivity index (χ4n) is 3.52. The number of aryl methyl sites for hydroxylation is 3. The summed E-state index contributed by atoms with van der Waals surface area (Å²) in [6, 6.07) is 16.9. The third-order valence-corrected chi connectivity index (χ3v) is 5.35. The van der Waals surface area contributed by atoms with Gasteiger partial charge in [0.05, 0.1) is 23.9 Å². The Hall–Kier alpha value is -3.47. The van der Waals surface area contributed by atoms with E-state index in [1.54, 1.807) is 24.3 Å². The first-order valence-corrected chi connectivity index (χ1v) is 10.8. The molecule has 5 nitrogen and oxygen atoms in total. The van der Waals surface area contributed by atoms with Gasteiger partial charge < -0.3 is 9.47 Å². The first-order chi connectivity index (χ1) is 15.4. The van der Waals surface area contributed by atoms with E-state index in [1.165, 1.54) is 7.11 Å². The topological polar surface area (TPSA) is 65.5 Å². The maximum Gasteiger partial charge on any atom is 0.340 e. The van der Waals surface area contributed by atoms with Crippen molar-refractivity contribution in [1.29, 1.82) is 0 Å². The number of carbonyl (C=O) groups is 2. The number of ether oxygens (including phenoxy) is 2. The molecule has 0 unspecified atom stereocenters. The predicted molar refractivity (Wildman–Crippen MR) is 125 cm³/mol. The van der Waals surface area contributed by atoms with Crippen LogP contribution in [0.1, 0.15) is 63.0 Å². The Bertz CT molecular complexity index is 1090. The van der Waals surface area contributed by atoms with Crippen molar-refractivity contribution in [2.45, 2.75) is 46.6 Å². The number of nitrogens with zero attached hydrogens (tertiary/aromatic N) is 1. The Balaban J connectivity index is 1.87. The number of esters is 2. The van der Waals surface area contributed by atoms with Gasteiger partial charge in [-0.15, -0.1) is 0 Å². The van der Waals surface area contributed by atoms with Gasteiger partial charge in [-0.2, -0.15) is 0 Å². The van der Waals surface area contributed by atoms with Crippen molar-refractivity contribution < 1.29 is 19.1 Å². The molecule has 2 aromatic carbocycles. The maximum atomic E-state index is 13.1. The number of carbonyl (C=O) groups excluding carboxylic acids is 2. The predicted octanol–water partition coefficient (Wildman–Crippen LogP) is 5.85. The molecule has 0 spiro atoms. The van der Waals surface area contributed by atoms with Crippen LogP contribution in [0, 0.1) is 13.8 Å². The third kappa shape index (κ3) is 5.61. The molecular formula is C27H29NO4. The maximum absolute atomic E-state index is 13.1. The van der Waals surface area contributed by atoms with E-state index < -0.39 is 11.9 Å². The van der Waals surface area contributed by atoms with Crippen LogP contribution in [0.2, 0.25) is 0 Å². The zero-order valence-corrected chi connectivity index (χ0v) is 19.1. The first-order valence-electron chi connectivity index (χ1n) is 10.8. The van der Waals surface area contributed by atoms with E-state index in [2.05, 4.69) is 11.9 Å². The van der Waals surface area contributed by atoms with E-state index in [4.69, 9.17) is 9.47 Å². The van der Waals surface area contributed by atoms with Crippen LogP contribution in [0.3, 0.4) is 0 Å². The number of hydrogen-bond acceptors (Lipinski definition) is 5. The molecule has 3 aromatic rings. The molecule has 0 aliphatic rings. The quantitative estimate of drug-likeness (QED) is 0.419. The number of methoxy groups -OCH3 is 1. The first kappa shape index (κ1) is 23.2. The summed E-state index contributed by atoms with van der Waals surface area (Å²) < 4.78 is 10.3. The van der Waals surface area contributed by atoms with Crippen LogP contribution in [-0.4, -0.2) is 24.0 Å². The summed E-state index contributed by atoms with van der Waals surface area (Å²) in [5.74, 6) is -0.814. The van der Waals surface area contributed by atoms with E-state index in [9.17, 15) is 9.59 Å². The molecule has 0 saturated carbocycles. The van der Waals surface area contributed by atoms with Crippen LogP contribution >= 0.6 is 0 Å². The molecule has 5 heteroatoms. The van der Waals surface area contributed by atoms with Gasteiger partial charge in [-0.3, -0.25) is 4.98 Å². The molecule has 0 bridgehead atoms. The molecular weight excluding hydrogens is 402 g/mol. The largest absolute Gasteiger partial charge is 0.465 e. The Kier molecular flexibility index (Phi) is 7.77. The summed E-state index contributed by atoms with van der Waals surface area (Å²) in [7, 11) is 1.34. The highest BCUT2D eigenvalue weighted by Crippen LogP contribution is 2.28. The van der Waals surface area contributed by atoms with Crippen molar-refractivity contribution in [2.24, 2.45) is 0 Å². The Labute approximate surface area is 189 Å².